The van der Waals surface area contributed by atoms with Crippen molar-refractivity contribution in [3.63, 3.8) is 0 Å². The number of amides is 3. The van der Waals surface area contributed by atoms with E-state index >= 15 is 0 Å². The maximum atomic E-state index is 12.1. The standard InChI is InChI=1S/C19H17N3O3S/c23-17-10-26-16-7-6-12(8-15(16)21-17)20-18(24)19(25)22-14-9-13(14)11-4-2-1-3-5-11/h1-8,13-14H,9-10H2,(H,20,24)(H,21,23)(H,22,25)/t13-,14-/m1/s1. The summed E-state index contributed by atoms with van der Waals surface area (Å²) in [6.07, 6.45) is 0.838. The fourth-order valence-corrected chi connectivity index (χ4v) is 3.79. The van der Waals surface area contributed by atoms with E-state index < -0.39 is 11.8 Å². The van der Waals surface area contributed by atoms with E-state index in [-0.39, 0.29) is 17.9 Å². The Hall–Kier alpha value is -2.80. The molecule has 132 valence electrons. The van der Waals surface area contributed by atoms with Crippen LogP contribution in [-0.4, -0.2) is 29.5 Å². The van der Waals surface area contributed by atoms with Crippen LogP contribution in [0.3, 0.4) is 0 Å². The number of anilines is 2. The predicted molar refractivity (Wildman–Crippen MR) is 100 cm³/mol. The summed E-state index contributed by atoms with van der Waals surface area (Å²) >= 11 is 1.44. The smallest absolute Gasteiger partial charge is 0.313 e. The van der Waals surface area contributed by atoms with Crippen LogP contribution in [0.15, 0.2) is 53.4 Å². The first kappa shape index (κ1) is 16.7. The van der Waals surface area contributed by atoms with E-state index in [1.54, 1.807) is 12.1 Å². The van der Waals surface area contributed by atoms with Gasteiger partial charge < -0.3 is 16.0 Å². The molecule has 26 heavy (non-hydrogen) atoms. The number of thioether (sulfide) groups is 1. The van der Waals surface area contributed by atoms with E-state index in [2.05, 4.69) is 16.0 Å². The molecule has 2 aliphatic rings. The fraction of sp³-hybridized carbons (Fsp3) is 0.211. The third-order valence-electron chi connectivity index (χ3n) is 4.41. The van der Waals surface area contributed by atoms with Crippen molar-refractivity contribution in [2.24, 2.45) is 0 Å². The maximum Gasteiger partial charge on any atom is 0.313 e. The van der Waals surface area contributed by atoms with Crippen LogP contribution in [0.2, 0.25) is 0 Å². The van der Waals surface area contributed by atoms with E-state index in [0.29, 0.717) is 17.1 Å². The topological polar surface area (TPSA) is 87.3 Å². The summed E-state index contributed by atoms with van der Waals surface area (Å²) < 4.78 is 0. The van der Waals surface area contributed by atoms with Crippen LogP contribution >= 0.6 is 11.8 Å². The monoisotopic (exact) mass is 367 g/mol. The van der Waals surface area contributed by atoms with Gasteiger partial charge in [-0.3, -0.25) is 14.4 Å². The first-order chi connectivity index (χ1) is 12.6. The van der Waals surface area contributed by atoms with Gasteiger partial charge in [-0.1, -0.05) is 30.3 Å². The minimum Gasteiger partial charge on any atom is -0.344 e. The first-order valence-electron chi connectivity index (χ1n) is 8.33. The van der Waals surface area contributed by atoms with E-state index in [1.807, 2.05) is 36.4 Å². The van der Waals surface area contributed by atoms with Crippen LogP contribution in [0.25, 0.3) is 0 Å². The van der Waals surface area contributed by atoms with Crippen molar-refractivity contribution in [1.82, 2.24) is 5.32 Å². The second kappa shape index (κ2) is 6.84. The SMILES string of the molecule is O=C1CSc2ccc(NC(=O)C(=O)N[C@@H]3C[C@@H]3c3ccccc3)cc2N1. The zero-order chi connectivity index (χ0) is 18.1. The molecule has 1 heterocycles. The Balaban J connectivity index is 1.34. The van der Waals surface area contributed by atoms with Gasteiger partial charge in [0.15, 0.2) is 0 Å². The Morgan fingerprint density at radius 3 is 2.69 bits per heavy atom. The van der Waals surface area contributed by atoms with Gasteiger partial charge in [0.05, 0.1) is 11.4 Å². The molecule has 0 aromatic heterocycles. The zero-order valence-electron chi connectivity index (χ0n) is 13.8. The number of rotatable bonds is 3. The third-order valence-corrected chi connectivity index (χ3v) is 5.48. The molecular formula is C19H17N3O3S. The van der Waals surface area contributed by atoms with Gasteiger partial charge in [0, 0.05) is 22.5 Å². The van der Waals surface area contributed by atoms with Crippen molar-refractivity contribution >= 4 is 40.9 Å². The van der Waals surface area contributed by atoms with Crippen LogP contribution in [0.5, 0.6) is 0 Å². The average Bonchev–Trinajstić information content (AvgIpc) is 3.41. The molecule has 2 aromatic carbocycles. The summed E-state index contributed by atoms with van der Waals surface area (Å²) in [5.41, 5.74) is 2.29. The van der Waals surface area contributed by atoms with Gasteiger partial charge in [0.2, 0.25) is 5.91 Å². The summed E-state index contributed by atoms with van der Waals surface area (Å²) in [4.78, 5) is 36.7. The van der Waals surface area contributed by atoms with Crippen molar-refractivity contribution in [2.45, 2.75) is 23.3 Å². The van der Waals surface area contributed by atoms with Gasteiger partial charge in [-0.25, -0.2) is 0 Å². The van der Waals surface area contributed by atoms with Crippen molar-refractivity contribution in [1.29, 1.82) is 0 Å². The van der Waals surface area contributed by atoms with E-state index in [1.165, 1.54) is 17.3 Å². The summed E-state index contributed by atoms with van der Waals surface area (Å²) in [5.74, 6) is -0.790. The zero-order valence-corrected chi connectivity index (χ0v) is 14.6. The van der Waals surface area contributed by atoms with Crippen molar-refractivity contribution < 1.29 is 14.4 Å². The molecule has 7 heteroatoms. The fourth-order valence-electron chi connectivity index (χ4n) is 3.01. The molecule has 0 radical (unpaired) electrons. The molecule has 1 aliphatic carbocycles. The van der Waals surface area contributed by atoms with Crippen LogP contribution in [0.4, 0.5) is 11.4 Å². The lowest BCUT2D eigenvalue weighted by atomic mass is 10.1. The number of benzene rings is 2. The lowest BCUT2D eigenvalue weighted by Crippen LogP contribution is -2.37. The highest BCUT2D eigenvalue weighted by Crippen LogP contribution is 2.40. The highest BCUT2D eigenvalue weighted by molar-refractivity contribution is 8.00. The maximum absolute atomic E-state index is 12.1. The second-order valence-electron chi connectivity index (χ2n) is 6.33. The number of fused-ring (bicyclic) bond motifs is 1. The Morgan fingerprint density at radius 2 is 1.88 bits per heavy atom. The number of hydrogen-bond donors (Lipinski definition) is 3. The largest absolute Gasteiger partial charge is 0.344 e. The van der Waals surface area contributed by atoms with Gasteiger partial charge in [-0.05, 0) is 30.2 Å². The van der Waals surface area contributed by atoms with Gasteiger partial charge >= 0.3 is 11.8 Å². The van der Waals surface area contributed by atoms with Gasteiger partial charge in [0.25, 0.3) is 0 Å². The van der Waals surface area contributed by atoms with Gasteiger partial charge in [0.1, 0.15) is 0 Å². The number of carbonyl (C=O) groups is 3. The third kappa shape index (κ3) is 3.57. The molecule has 3 amide bonds. The molecule has 0 bridgehead atoms. The lowest BCUT2D eigenvalue weighted by molar-refractivity contribution is -0.136. The Labute approximate surface area is 154 Å². The molecule has 6 nitrogen and oxygen atoms in total. The van der Waals surface area contributed by atoms with Crippen molar-refractivity contribution in [3.05, 3.63) is 54.1 Å². The van der Waals surface area contributed by atoms with Crippen LogP contribution in [0, 0.1) is 0 Å². The van der Waals surface area contributed by atoms with Crippen molar-refractivity contribution in [2.75, 3.05) is 16.4 Å². The van der Waals surface area contributed by atoms with Gasteiger partial charge in [-0.2, -0.15) is 0 Å². The van der Waals surface area contributed by atoms with Crippen molar-refractivity contribution in [3.8, 4) is 0 Å². The van der Waals surface area contributed by atoms with Gasteiger partial charge in [-0.15, -0.1) is 11.8 Å². The summed E-state index contributed by atoms with van der Waals surface area (Å²) in [5, 5.41) is 8.11. The Morgan fingerprint density at radius 1 is 1.08 bits per heavy atom. The van der Waals surface area contributed by atoms with Crippen LogP contribution in [0.1, 0.15) is 17.9 Å². The second-order valence-corrected chi connectivity index (χ2v) is 7.35. The van der Waals surface area contributed by atoms with Crippen LogP contribution in [-0.2, 0) is 14.4 Å². The molecule has 0 saturated heterocycles. The van der Waals surface area contributed by atoms with E-state index in [4.69, 9.17) is 0 Å². The molecule has 1 fully saturated rings. The number of carbonyl (C=O) groups excluding carboxylic acids is 3. The molecule has 2 atom stereocenters. The molecule has 0 unspecified atom stereocenters. The average molecular weight is 367 g/mol. The quantitative estimate of drug-likeness (QED) is 0.727. The summed E-state index contributed by atoms with van der Waals surface area (Å²) in [6, 6.07) is 15.1. The summed E-state index contributed by atoms with van der Waals surface area (Å²) in [7, 11) is 0. The number of nitrogens with one attached hydrogen (secondary N) is 3. The first-order valence-corrected chi connectivity index (χ1v) is 9.32. The normalized spacial score (nSPS) is 20.5. The van der Waals surface area contributed by atoms with E-state index in [9.17, 15) is 14.4 Å². The van der Waals surface area contributed by atoms with E-state index in [0.717, 1.165) is 11.3 Å². The Kier molecular flexibility index (Phi) is 4.38. The molecule has 1 saturated carbocycles. The lowest BCUT2D eigenvalue weighted by Gasteiger charge is -2.17. The molecular weight excluding hydrogens is 350 g/mol. The predicted octanol–water partition coefficient (Wildman–Crippen LogP) is 2.34. The highest BCUT2D eigenvalue weighted by Gasteiger charge is 2.40. The minimum atomic E-state index is -0.710. The molecule has 3 N–H and O–H groups in total. The molecule has 2 aromatic rings. The summed E-state index contributed by atoms with van der Waals surface area (Å²) in [6.45, 7) is 0. The minimum absolute atomic E-state index is 0.00475. The molecule has 4 rings (SSSR count). The number of hydrogen-bond acceptors (Lipinski definition) is 4. The van der Waals surface area contributed by atoms with Crippen LogP contribution < -0.4 is 16.0 Å². The highest BCUT2D eigenvalue weighted by atomic mass is 32.2. The molecule has 0 spiro atoms. The molecule has 1 aliphatic heterocycles. The Bertz CT molecular complexity index is 885.